The fourth-order valence-electron chi connectivity index (χ4n) is 2.81. The third kappa shape index (κ3) is 2.33. The second-order valence-electron chi connectivity index (χ2n) is 5.60. The number of imidazole rings is 1. The van der Waals surface area contributed by atoms with Crippen molar-refractivity contribution in [2.24, 2.45) is 5.92 Å². The van der Waals surface area contributed by atoms with Crippen LogP contribution < -0.4 is 0 Å². The van der Waals surface area contributed by atoms with Crippen LogP contribution in [0.5, 0.6) is 0 Å². The van der Waals surface area contributed by atoms with Crippen LogP contribution in [0.15, 0.2) is 24.5 Å². The molecule has 3 rings (SSSR count). The highest BCUT2D eigenvalue weighted by Crippen LogP contribution is 2.30. The summed E-state index contributed by atoms with van der Waals surface area (Å²) in [6.07, 6.45) is 1.64. The first kappa shape index (κ1) is 14.5. The molecule has 0 unspecified atom stereocenters. The highest BCUT2D eigenvalue weighted by atomic mass is 16.5. The van der Waals surface area contributed by atoms with Crippen LogP contribution >= 0.6 is 0 Å². The molecule has 0 radical (unpaired) electrons. The number of benzene rings is 1. The standard InChI is InChI=1S/C15H17N3O4/c1-17(2)14(19)10-6-22-7-13(10)18-8-16-11-4-3-9(15(20)21)5-12(11)18/h3-5,8,10,13H,6-7H2,1-2H3,(H,20,21)/t10-,13+/m1/s1. The van der Waals surface area contributed by atoms with Gasteiger partial charge in [0.15, 0.2) is 0 Å². The Hall–Kier alpha value is -2.41. The van der Waals surface area contributed by atoms with E-state index < -0.39 is 5.97 Å². The quantitative estimate of drug-likeness (QED) is 0.914. The van der Waals surface area contributed by atoms with E-state index in [1.54, 1.807) is 37.5 Å². The Balaban J connectivity index is 2.03. The van der Waals surface area contributed by atoms with Gasteiger partial charge in [-0.3, -0.25) is 4.79 Å². The molecule has 0 saturated carbocycles. The molecule has 22 heavy (non-hydrogen) atoms. The van der Waals surface area contributed by atoms with Gasteiger partial charge in [0.05, 0.1) is 48.1 Å². The van der Waals surface area contributed by atoms with E-state index in [1.807, 2.05) is 4.57 Å². The highest BCUT2D eigenvalue weighted by Gasteiger charge is 2.36. The van der Waals surface area contributed by atoms with Gasteiger partial charge in [0.2, 0.25) is 5.91 Å². The Morgan fingerprint density at radius 3 is 2.82 bits per heavy atom. The number of ether oxygens (including phenoxy) is 1. The molecule has 1 amide bonds. The molecule has 0 bridgehead atoms. The van der Waals surface area contributed by atoms with Gasteiger partial charge in [0, 0.05) is 14.1 Å². The van der Waals surface area contributed by atoms with Gasteiger partial charge >= 0.3 is 5.97 Å². The number of amides is 1. The third-order valence-electron chi connectivity index (χ3n) is 3.99. The van der Waals surface area contributed by atoms with Crippen LogP contribution in [0.2, 0.25) is 0 Å². The Labute approximate surface area is 127 Å². The van der Waals surface area contributed by atoms with Crippen molar-refractivity contribution in [1.29, 1.82) is 0 Å². The zero-order chi connectivity index (χ0) is 15.9. The van der Waals surface area contributed by atoms with Crippen molar-refractivity contribution < 1.29 is 19.4 Å². The highest BCUT2D eigenvalue weighted by molar-refractivity contribution is 5.92. The Kier molecular flexibility index (Phi) is 3.58. The lowest BCUT2D eigenvalue weighted by Crippen LogP contribution is -2.34. The summed E-state index contributed by atoms with van der Waals surface area (Å²) in [5.74, 6) is -1.28. The fraction of sp³-hybridized carbons (Fsp3) is 0.400. The van der Waals surface area contributed by atoms with Crippen molar-refractivity contribution in [3.05, 3.63) is 30.1 Å². The number of fused-ring (bicyclic) bond motifs is 1. The Bertz CT molecular complexity index is 737. The smallest absolute Gasteiger partial charge is 0.335 e. The minimum atomic E-state index is -0.988. The summed E-state index contributed by atoms with van der Waals surface area (Å²) in [5.41, 5.74) is 1.60. The normalized spacial score (nSPS) is 21.2. The van der Waals surface area contributed by atoms with E-state index in [0.717, 1.165) is 0 Å². The molecule has 1 aliphatic rings. The number of hydrogen-bond acceptors (Lipinski definition) is 4. The number of carboxylic acids is 1. The van der Waals surface area contributed by atoms with Crippen molar-refractivity contribution in [3.63, 3.8) is 0 Å². The molecule has 2 aromatic rings. The van der Waals surface area contributed by atoms with Crippen molar-refractivity contribution in [1.82, 2.24) is 14.5 Å². The number of carbonyl (C=O) groups excluding carboxylic acids is 1. The number of carboxylic acid groups (broad SMARTS) is 1. The minimum absolute atomic E-state index is 0.00117. The summed E-state index contributed by atoms with van der Waals surface area (Å²) >= 11 is 0. The maximum absolute atomic E-state index is 12.3. The molecule has 2 atom stereocenters. The van der Waals surface area contributed by atoms with Crippen molar-refractivity contribution >= 4 is 22.9 Å². The second-order valence-corrected chi connectivity index (χ2v) is 5.60. The molecule has 1 fully saturated rings. The van der Waals surface area contributed by atoms with E-state index in [9.17, 15) is 9.59 Å². The lowest BCUT2D eigenvalue weighted by atomic mass is 10.0. The van der Waals surface area contributed by atoms with Gasteiger partial charge in [-0.25, -0.2) is 9.78 Å². The zero-order valence-electron chi connectivity index (χ0n) is 12.4. The molecule has 7 nitrogen and oxygen atoms in total. The molecular formula is C15H17N3O4. The summed E-state index contributed by atoms with van der Waals surface area (Å²) in [7, 11) is 3.43. The lowest BCUT2D eigenvalue weighted by molar-refractivity contribution is -0.133. The van der Waals surface area contributed by atoms with E-state index in [4.69, 9.17) is 9.84 Å². The van der Waals surface area contributed by atoms with Crippen molar-refractivity contribution in [2.45, 2.75) is 6.04 Å². The SMILES string of the molecule is CN(C)C(=O)[C@@H]1COC[C@@H]1n1cnc2ccc(C(=O)O)cc21. The van der Waals surface area contributed by atoms with E-state index in [-0.39, 0.29) is 23.4 Å². The molecule has 116 valence electrons. The Morgan fingerprint density at radius 2 is 2.14 bits per heavy atom. The molecule has 1 N–H and O–H groups in total. The van der Waals surface area contributed by atoms with Gasteiger partial charge in [0.1, 0.15) is 0 Å². The van der Waals surface area contributed by atoms with Gasteiger partial charge < -0.3 is 19.3 Å². The lowest BCUT2D eigenvalue weighted by Gasteiger charge is -2.22. The van der Waals surface area contributed by atoms with E-state index in [1.165, 1.54) is 6.07 Å². The van der Waals surface area contributed by atoms with Crippen LogP contribution in [0.4, 0.5) is 0 Å². The molecule has 1 aromatic heterocycles. The van der Waals surface area contributed by atoms with Gasteiger partial charge in [-0.2, -0.15) is 0 Å². The van der Waals surface area contributed by atoms with Gasteiger partial charge in [-0.15, -0.1) is 0 Å². The first-order chi connectivity index (χ1) is 10.5. The van der Waals surface area contributed by atoms with Gasteiger partial charge in [-0.05, 0) is 18.2 Å². The fourth-order valence-corrected chi connectivity index (χ4v) is 2.81. The minimum Gasteiger partial charge on any atom is -0.478 e. The molecule has 1 aromatic carbocycles. The number of aromatic nitrogens is 2. The number of nitrogens with zero attached hydrogens (tertiary/aromatic N) is 3. The second kappa shape index (κ2) is 5.42. The average Bonchev–Trinajstić information content (AvgIpc) is 3.11. The summed E-state index contributed by atoms with van der Waals surface area (Å²) in [5, 5.41) is 9.14. The predicted molar refractivity (Wildman–Crippen MR) is 78.7 cm³/mol. The third-order valence-corrected chi connectivity index (χ3v) is 3.99. The summed E-state index contributed by atoms with van der Waals surface area (Å²) < 4.78 is 7.33. The van der Waals surface area contributed by atoms with Crippen molar-refractivity contribution in [2.75, 3.05) is 27.3 Å². The first-order valence-electron chi connectivity index (χ1n) is 6.98. The number of hydrogen-bond donors (Lipinski definition) is 1. The van der Waals surface area contributed by atoms with Gasteiger partial charge in [-0.1, -0.05) is 0 Å². The van der Waals surface area contributed by atoms with E-state index in [0.29, 0.717) is 24.2 Å². The van der Waals surface area contributed by atoms with Crippen LogP contribution in [0.25, 0.3) is 11.0 Å². The maximum Gasteiger partial charge on any atom is 0.335 e. The van der Waals surface area contributed by atoms with E-state index >= 15 is 0 Å². The summed E-state index contributed by atoms with van der Waals surface area (Å²) in [6.45, 7) is 0.771. The molecule has 0 aliphatic carbocycles. The molecule has 1 aliphatic heterocycles. The predicted octanol–water partition coefficient (Wildman–Crippen LogP) is 1.01. The zero-order valence-corrected chi connectivity index (χ0v) is 12.4. The van der Waals surface area contributed by atoms with Crippen LogP contribution in [0, 0.1) is 5.92 Å². The van der Waals surface area contributed by atoms with Crippen molar-refractivity contribution in [3.8, 4) is 0 Å². The molecule has 0 spiro atoms. The largest absolute Gasteiger partial charge is 0.478 e. The molecule has 2 heterocycles. The number of carbonyl (C=O) groups is 2. The van der Waals surface area contributed by atoms with Gasteiger partial charge in [0.25, 0.3) is 0 Å². The van der Waals surface area contributed by atoms with Crippen LogP contribution in [-0.4, -0.2) is 58.7 Å². The van der Waals surface area contributed by atoms with Crippen LogP contribution in [0.3, 0.4) is 0 Å². The molecule has 7 heteroatoms. The topological polar surface area (TPSA) is 84.7 Å². The summed E-state index contributed by atoms with van der Waals surface area (Å²) in [4.78, 5) is 29.3. The molecule has 1 saturated heterocycles. The van der Waals surface area contributed by atoms with Crippen LogP contribution in [0.1, 0.15) is 16.4 Å². The monoisotopic (exact) mass is 303 g/mol. The maximum atomic E-state index is 12.3. The molecular weight excluding hydrogens is 286 g/mol. The number of rotatable bonds is 3. The average molecular weight is 303 g/mol. The van der Waals surface area contributed by atoms with E-state index in [2.05, 4.69) is 4.98 Å². The first-order valence-corrected chi connectivity index (χ1v) is 6.98. The number of aromatic carboxylic acids is 1. The summed E-state index contributed by atoms with van der Waals surface area (Å²) in [6, 6.07) is 4.60. The van der Waals surface area contributed by atoms with Crippen LogP contribution in [-0.2, 0) is 9.53 Å². The Morgan fingerprint density at radius 1 is 1.36 bits per heavy atom.